The molecule has 2 N–H and O–H groups in total. The van der Waals surface area contributed by atoms with Gasteiger partial charge in [-0.2, -0.15) is 0 Å². The molecule has 0 spiro atoms. The van der Waals surface area contributed by atoms with Crippen molar-refractivity contribution in [3.8, 4) is 0 Å². The first kappa shape index (κ1) is 10.5. The molecule has 15 heavy (non-hydrogen) atoms. The van der Waals surface area contributed by atoms with Crippen LogP contribution >= 0.6 is 0 Å². The second-order valence-corrected chi connectivity index (χ2v) is 4.63. The van der Waals surface area contributed by atoms with Crippen molar-refractivity contribution in [3.63, 3.8) is 0 Å². The molecule has 0 saturated heterocycles. The van der Waals surface area contributed by atoms with Crippen LogP contribution in [0, 0.1) is 5.92 Å². The van der Waals surface area contributed by atoms with E-state index in [2.05, 4.69) is 28.8 Å². The van der Waals surface area contributed by atoms with E-state index in [0.717, 1.165) is 18.0 Å². The van der Waals surface area contributed by atoms with Gasteiger partial charge in [-0.05, 0) is 38.0 Å². The Bertz CT molecular complexity index is 323. The van der Waals surface area contributed by atoms with Gasteiger partial charge in [0.25, 0.3) is 0 Å². The normalized spacial score (nSPS) is 26.8. The molecule has 1 heterocycles. The van der Waals surface area contributed by atoms with Gasteiger partial charge < -0.3 is 5.73 Å². The molecule has 4 heteroatoms. The minimum Gasteiger partial charge on any atom is -0.381 e. The summed E-state index contributed by atoms with van der Waals surface area (Å²) in [4.78, 5) is 0. The molecular weight excluding hydrogens is 188 g/mol. The molecule has 0 amide bonds. The van der Waals surface area contributed by atoms with E-state index in [4.69, 9.17) is 5.73 Å². The zero-order chi connectivity index (χ0) is 10.8. The molecule has 1 aromatic heterocycles. The molecule has 1 fully saturated rings. The van der Waals surface area contributed by atoms with Crippen molar-refractivity contribution < 1.29 is 0 Å². The summed E-state index contributed by atoms with van der Waals surface area (Å²) in [5.41, 5.74) is 6.90. The van der Waals surface area contributed by atoms with Gasteiger partial charge in [-0.25, -0.2) is 4.68 Å². The fourth-order valence-corrected chi connectivity index (χ4v) is 2.45. The zero-order valence-corrected chi connectivity index (χ0v) is 9.61. The topological polar surface area (TPSA) is 56.7 Å². The molecule has 0 atom stereocenters. The van der Waals surface area contributed by atoms with Crippen LogP contribution < -0.4 is 5.73 Å². The average molecular weight is 208 g/mol. The molecule has 1 aromatic rings. The molecule has 0 bridgehead atoms. The predicted octanol–water partition coefficient (Wildman–Crippen LogP) is 2.17. The predicted molar refractivity (Wildman–Crippen MR) is 60.5 cm³/mol. The first-order valence-corrected chi connectivity index (χ1v) is 5.92. The number of hydrogen-bond donors (Lipinski definition) is 1. The second kappa shape index (κ2) is 4.21. The van der Waals surface area contributed by atoms with Crippen molar-refractivity contribution in [2.75, 3.05) is 5.73 Å². The van der Waals surface area contributed by atoms with Crippen LogP contribution in [0.4, 0.5) is 5.82 Å². The maximum Gasteiger partial charge on any atom is 0.169 e. The van der Waals surface area contributed by atoms with Crippen LogP contribution in [0.2, 0.25) is 0 Å². The molecule has 1 aliphatic rings. The lowest BCUT2D eigenvalue weighted by Gasteiger charge is -2.26. The van der Waals surface area contributed by atoms with Gasteiger partial charge in [0.05, 0.1) is 11.7 Å². The highest BCUT2D eigenvalue weighted by Crippen LogP contribution is 2.32. The SMILES string of the molecule is CCc1c(N)nnn1C1CCC(C)CC1. The van der Waals surface area contributed by atoms with Gasteiger partial charge in [0.2, 0.25) is 0 Å². The lowest BCUT2D eigenvalue weighted by Crippen LogP contribution is -2.19. The second-order valence-electron chi connectivity index (χ2n) is 4.63. The van der Waals surface area contributed by atoms with E-state index >= 15 is 0 Å². The summed E-state index contributed by atoms with van der Waals surface area (Å²) in [5.74, 6) is 1.48. The quantitative estimate of drug-likeness (QED) is 0.810. The van der Waals surface area contributed by atoms with E-state index < -0.39 is 0 Å². The minimum absolute atomic E-state index is 0.529. The molecule has 0 aromatic carbocycles. The van der Waals surface area contributed by atoms with Crippen LogP contribution in [0.25, 0.3) is 0 Å². The number of rotatable bonds is 2. The van der Waals surface area contributed by atoms with Crippen LogP contribution in [0.1, 0.15) is 51.3 Å². The Kier molecular flexibility index (Phi) is 2.93. The van der Waals surface area contributed by atoms with Gasteiger partial charge in [-0.1, -0.05) is 19.1 Å². The third-order valence-corrected chi connectivity index (χ3v) is 3.49. The van der Waals surface area contributed by atoms with Crippen LogP contribution in [0.15, 0.2) is 0 Å². The lowest BCUT2D eigenvalue weighted by atomic mass is 9.87. The Hall–Kier alpha value is -1.06. The number of nitrogens with two attached hydrogens (primary N) is 1. The highest BCUT2D eigenvalue weighted by Gasteiger charge is 2.23. The highest BCUT2D eigenvalue weighted by molar-refractivity contribution is 5.32. The molecule has 1 saturated carbocycles. The van der Waals surface area contributed by atoms with E-state index in [9.17, 15) is 0 Å². The molecule has 0 aliphatic heterocycles. The van der Waals surface area contributed by atoms with Crippen LogP contribution in [0.5, 0.6) is 0 Å². The number of aromatic nitrogens is 3. The van der Waals surface area contributed by atoms with E-state index in [1.807, 2.05) is 0 Å². The van der Waals surface area contributed by atoms with Crippen molar-refractivity contribution in [2.45, 2.75) is 52.0 Å². The smallest absolute Gasteiger partial charge is 0.169 e. The van der Waals surface area contributed by atoms with Crippen molar-refractivity contribution in [1.82, 2.24) is 15.0 Å². The van der Waals surface area contributed by atoms with Gasteiger partial charge in [0, 0.05) is 0 Å². The van der Waals surface area contributed by atoms with Crippen LogP contribution in [-0.2, 0) is 6.42 Å². The van der Waals surface area contributed by atoms with E-state index in [-0.39, 0.29) is 0 Å². The standard InChI is InChI=1S/C11H20N4/c1-3-10-11(12)13-14-15(10)9-6-4-8(2)5-7-9/h8-9H,3-7,12H2,1-2H3. The van der Waals surface area contributed by atoms with E-state index in [0.29, 0.717) is 11.9 Å². The van der Waals surface area contributed by atoms with E-state index in [1.54, 1.807) is 0 Å². The fourth-order valence-electron chi connectivity index (χ4n) is 2.45. The van der Waals surface area contributed by atoms with E-state index in [1.165, 1.54) is 25.7 Å². The van der Waals surface area contributed by atoms with Crippen molar-refractivity contribution in [1.29, 1.82) is 0 Å². The van der Waals surface area contributed by atoms with Crippen molar-refractivity contribution in [3.05, 3.63) is 5.69 Å². The lowest BCUT2D eigenvalue weighted by molar-refractivity contribution is 0.266. The van der Waals surface area contributed by atoms with Gasteiger partial charge in [-0.3, -0.25) is 0 Å². The first-order chi connectivity index (χ1) is 7.22. The van der Waals surface area contributed by atoms with Crippen LogP contribution in [0.3, 0.4) is 0 Å². The number of nitrogen functional groups attached to an aromatic ring is 1. The van der Waals surface area contributed by atoms with Gasteiger partial charge in [0.15, 0.2) is 5.82 Å². The molecule has 0 radical (unpaired) electrons. The first-order valence-electron chi connectivity index (χ1n) is 5.92. The summed E-state index contributed by atoms with van der Waals surface area (Å²) in [6.45, 7) is 4.43. The maximum atomic E-state index is 5.79. The Morgan fingerprint density at radius 1 is 1.33 bits per heavy atom. The summed E-state index contributed by atoms with van der Waals surface area (Å²) < 4.78 is 2.06. The Morgan fingerprint density at radius 2 is 2.00 bits per heavy atom. The van der Waals surface area contributed by atoms with Crippen molar-refractivity contribution >= 4 is 5.82 Å². The van der Waals surface area contributed by atoms with Gasteiger partial charge in [-0.15, -0.1) is 5.10 Å². The average Bonchev–Trinajstić information content (AvgIpc) is 2.61. The number of nitrogens with zero attached hydrogens (tertiary/aromatic N) is 3. The number of anilines is 1. The van der Waals surface area contributed by atoms with Crippen LogP contribution in [-0.4, -0.2) is 15.0 Å². The Labute approximate surface area is 90.8 Å². The third kappa shape index (κ3) is 1.98. The van der Waals surface area contributed by atoms with Crippen molar-refractivity contribution in [2.24, 2.45) is 5.92 Å². The molecular formula is C11H20N4. The number of hydrogen-bond acceptors (Lipinski definition) is 3. The molecule has 2 rings (SSSR count). The summed E-state index contributed by atoms with van der Waals surface area (Å²) in [5, 5.41) is 8.15. The monoisotopic (exact) mass is 208 g/mol. The molecule has 1 aliphatic carbocycles. The third-order valence-electron chi connectivity index (χ3n) is 3.49. The highest BCUT2D eigenvalue weighted by atomic mass is 15.5. The summed E-state index contributed by atoms with van der Waals surface area (Å²) in [7, 11) is 0. The summed E-state index contributed by atoms with van der Waals surface area (Å²) >= 11 is 0. The molecule has 4 nitrogen and oxygen atoms in total. The largest absolute Gasteiger partial charge is 0.381 e. The maximum absolute atomic E-state index is 5.79. The Balaban J connectivity index is 2.15. The zero-order valence-electron chi connectivity index (χ0n) is 9.61. The summed E-state index contributed by atoms with van der Waals surface area (Å²) in [6, 6.07) is 0.529. The minimum atomic E-state index is 0.529. The molecule has 84 valence electrons. The Morgan fingerprint density at radius 3 is 2.60 bits per heavy atom. The fraction of sp³-hybridized carbons (Fsp3) is 0.818. The van der Waals surface area contributed by atoms with Gasteiger partial charge >= 0.3 is 0 Å². The molecule has 0 unspecified atom stereocenters. The van der Waals surface area contributed by atoms with Gasteiger partial charge in [0.1, 0.15) is 0 Å². The summed E-state index contributed by atoms with van der Waals surface area (Å²) in [6.07, 6.45) is 5.96.